The first kappa shape index (κ1) is 12.9. The monoisotopic (exact) mass is 366 g/mol. The van der Waals surface area contributed by atoms with Crippen molar-refractivity contribution < 1.29 is 8.78 Å². The number of H-pyrrole nitrogens is 1. The van der Waals surface area contributed by atoms with Gasteiger partial charge in [-0.15, -0.1) is 11.6 Å². The third-order valence-electron chi connectivity index (χ3n) is 1.48. The van der Waals surface area contributed by atoms with Crippen LogP contribution in [0.4, 0.5) is 8.78 Å². The Kier molecular flexibility index (Phi) is 3.72. The SMILES string of the molecule is O=c1[nH]c(=O)n(C(F)(F)C(Cl)Br)cc1Br. The van der Waals surface area contributed by atoms with E-state index in [0.29, 0.717) is 6.20 Å². The summed E-state index contributed by atoms with van der Waals surface area (Å²) in [4.78, 5) is 23.7. The molecule has 0 bridgehead atoms. The third kappa shape index (κ3) is 2.48. The quantitative estimate of drug-likeness (QED) is 0.810. The van der Waals surface area contributed by atoms with Gasteiger partial charge in [0.25, 0.3) is 5.56 Å². The number of hydrogen-bond acceptors (Lipinski definition) is 2. The molecule has 0 amide bonds. The van der Waals surface area contributed by atoms with Gasteiger partial charge in [0.2, 0.25) is 0 Å². The van der Waals surface area contributed by atoms with Crippen molar-refractivity contribution in [3.63, 3.8) is 0 Å². The molecule has 0 aliphatic rings. The van der Waals surface area contributed by atoms with Gasteiger partial charge in [0.05, 0.1) is 4.47 Å². The third-order valence-corrected chi connectivity index (χ3v) is 2.86. The van der Waals surface area contributed by atoms with Gasteiger partial charge in [0, 0.05) is 6.20 Å². The Hall–Kier alpha value is -0.210. The largest absolute Gasteiger partial charge is 0.358 e. The zero-order valence-electron chi connectivity index (χ0n) is 6.81. The van der Waals surface area contributed by atoms with Crippen LogP contribution < -0.4 is 11.2 Å². The Balaban J connectivity index is 3.46. The summed E-state index contributed by atoms with van der Waals surface area (Å²) < 4.78 is 24.7. The topological polar surface area (TPSA) is 54.9 Å². The molecule has 15 heavy (non-hydrogen) atoms. The molecule has 0 saturated heterocycles. The Morgan fingerprint density at radius 2 is 2.07 bits per heavy atom. The summed E-state index contributed by atoms with van der Waals surface area (Å²) in [6.07, 6.45) is 0.678. The highest BCUT2D eigenvalue weighted by atomic mass is 79.9. The Morgan fingerprint density at radius 3 is 2.53 bits per heavy atom. The summed E-state index contributed by atoms with van der Waals surface area (Å²) in [6, 6.07) is -3.65. The van der Waals surface area contributed by atoms with Crippen LogP contribution in [-0.4, -0.2) is 13.8 Å². The van der Waals surface area contributed by atoms with Crippen LogP contribution in [0.15, 0.2) is 20.3 Å². The summed E-state index contributed by atoms with van der Waals surface area (Å²) in [7, 11) is 0. The number of halogens is 5. The molecule has 0 spiro atoms. The zero-order chi connectivity index (χ0) is 11.8. The van der Waals surface area contributed by atoms with E-state index < -0.39 is 21.6 Å². The lowest BCUT2D eigenvalue weighted by atomic mass is 10.5. The van der Waals surface area contributed by atoms with E-state index in [2.05, 4.69) is 31.9 Å². The van der Waals surface area contributed by atoms with Gasteiger partial charge in [-0.05, 0) is 15.9 Å². The van der Waals surface area contributed by atoms with E-state index >= 15 is 0 Å². The van der Waals surface area contributed by atoms with E-state index in [1.54, 1.807) is 4.98 Å². The fraction of sp³-hybridized carbons (Fsp3) is 0.333. The van der Waals surface area contributed by atoms with E-state index in [1.807, 2.05) is 0 Å². The lowest BCUT2D eigenvalue weighted by molar-refractivity contribution is -0.0683. The minimum absolute atomic E-state index is 0.0326. The minimum Gasteiger partial charge on any atom is -0.273 e. The molecule has 1 unspecified atom stereocenters. The molecule has 9 heteroatoms. The van der Waals surface area contributed by atoms with E-state index in [4.69, 9.17) is 11.6 Å². The second-order valence-electron chi connectivity index (χ2n) is 2.49. The maximum Gasteiger partial charge on any atom is 0.358 e. The van der Waals surface area contributed by atoms with Crippen LogP contribution in [0, 0.1) is 0 Å². The lowest BCUT2D eigenvalue weighted by Crippen LogP contribution is -2.42. The molecule has 0 fully saturated rings. The van der Waals surface area contributed by atoms with E-state index in [-0.39, 0.29) is 9.04 Å². The normalized spacial score (nSPS) is 13.9. The van der Waals surface area contributed by atoms with Crippen LogP contribution in [0.25, 0.3) is 0 Å². The van der Waals surface area contributed by atoms with Crippen LogP contribution in [0.1, 0.15) is 0 Å². The van der Waals surface area contributed by atoms with Crippen LogP contribution in [-0.2, 0) is 6.05 Å². The fourth-order valence-corrected chi connectivity index (χ4v) is 1.40. The first-order chi connectivity index (χ1) is 6.76. The predicted octanol–water partition coefficient (Wildman–Crippen LogP) is 1.81. The number of rotatable bonds is 2. The summed E-state index contributed by atoms with van der Waals surface area (Å²) in [5, 5.41) is 0. The molecular weight excluding hydrogens is 365 g/mol. The van der Waals surface area contributed by atoms with Crippen LogP contribution in [0.5, 0.6) is 0 Å². The van der Waals surface area contributed by atoms with Gasteiger partial charge in [-0.25, -0.2) is 9.36 Å². The van der Waals surface area contributed by atoms with Crippen molar-refractivity contribution in [1.29, 1.82) is 0 Å². The molecule has 84 valence electrons. The smallest absolute Gasteiger partial charge is 0.273 e. The highest BCUT2D eigenvalue weighted by molar-refractivity contribution is 9.10. The summed E-state index contributed by atoms with van der Waals surface area (Å²) in [5.74, 6) is 0. The molecule has 0 aliphatic heterocycles. The molecule has 1 rings (SSSR count). The van der Waals surface area contributed by atoms with Crippen LogP contribution >= 0.6 is 43.5 Å². The molecule has 1 aromatic heterocycles. The lowest BCUT2D eigenvalue weighted by Gasteiger charge is -2.19. The molecule has 0 aromatic carbocycles. The average molecular weight is 368 g/mol. The van der Waals surface area contributed by atoms with Gasteiger partial charge in [0.1, 0.15) is 0 Å². The molecule has 4 nitrogen and oxygen atoms in total. The van der Waals surface area contributed by atoms with Crippen molar-refractivity contribution in [1.82, 2.24) is 9.55 Å². The molecule has 0 aliphatic carbocycles. The number of nitrogens with one attached hydrogen (secondary N) is 1. The van der Waals surface area contributed by atoms with Crippen LogP contribution in [0.2, 0.25) is 0 Å². The second kappa shape index (κ2) is 4.34. The number of aromatic amines is 1. The molecule has 0 saturated carbocycles. The fourth-order valence-electron chi connectivity index (χ4n) is 0.774. The van der Waals surface area contributed by atoms with Gasteiger partial charge in [-0.2, -0.15) is 8.78 Å². The maximum absolute atomic E-state index is 13.3. The molecule has 1 heterocycles. The number of alkyl halides is 4. The van der Waals surface area contributed by atoms with Gasteiger partial charge >= 0.3 is 11.7 Å². The van der Waals surface area contributed by atoms with Crippen LogP contribution in [0.3, 0.4) is 0 Å². The molecule has 1 atom stereocenters. The predicted molar refractivity (Wildman–Crippen MR) is 57.8 cm³/mol. The zero-order valence-corrected chi connectivity index (χ0v) is 10.7. The standard InChI is InChI=1S/C6H3Br2ClF2N2O2/c7-2-1-13(5(15)12-3(2)14)6(10,11)4(8)9/h1,4H,(H,12,14,15). The first-order valence-electron chi connectivity index (χ1n) is 3.44. The Labute approximate surface area is 104 Å². The Bertz CT molecular complexity index is 485. The van der Waals surface area contributed by atoms with Crippen molar-refractivity contribution in [2.24, 2.45) is 0 Å². The average Bonchev–Trinajstić information content (AvgIpc) is 2.10. The summed E-state index contributed by atoms with van der Waals surface area (Å²) in [5.41, 5.74) is -2.02. The van der Waals surface area contributed by atoms with Crippen molar-refractivity contribution in [2.75, 3.05) is 0 Å². The highest BCUT2D eigenvalue weighted by Gasteiger charge is 2.40. The maximum atomic E-state index is 13.3. The van der Waals surface area contributed by atoms with E-state index in [1.165, 1.54) is 0 Å². The van der Waals surface area contributed by atoms with E-state index in [9.17, 15) is 18.4 Å². The van der Waals surface area contributed by atoms with Gasteiger partial charge in [-0.1, -0.05) is 15.9 Å². The van der Waals surface area contributed by atoms with Crippen molar-refractivity contribution >= 4 is 43.5 Å². The summed E-state index contributed by atoms with van der Waals surface area (Å²) >= 11 is 10.4. The number of hydrogen-bond donors (Lipinski definition) is 1. The minimum atomic E-state index is -3.65. The van der Waals surface area contributed by atoms with Crippen molar-refractivity contribution in [2.45, 2.75) is 10.3 Å². The van der Waals surface area contributed by atoms with Crippen molar-refractivity contribution in [3.05, 3.63) is 31.5 Å². The summed E-state index contributed by atoms with van der Waals surface area (Å²) in [6.45, 7) is 0. The molecule has 1 N–H and O–H groups in total. The van der Waals surface area contributed by atoms with E-state index in [0.717, 1.165) is 0 Å². The number of aromatic nitrogens is 2. The van der Waals surface area contributed by atoms with Gasteiger partial charge in [-0.3, -0.25) is 9.78 Å². The Morgan fingerprint density at radius 1 is 1.53 bits per heavy atom. The molecule has 1 aromatic rings. The second-order valence-corrected chi connectivity index (χ2v) is 5.23. The van der Waals surface area contributed by atoms with Gasteiger partial charge < -0.3 is 0 Å². The van der Waals surface area contributed by atoms with Crippen molar-refractivity contribution in [3.8, 4) is 0 Å². The van der Waals surface area contributed by atoms with Gasteiger partial charge in [0.15, 0.2) is 4.29 Å². The highest BCUT2D eigenvalue weighted by Crippen LogP contribution is 2.31. The first-order valence-corrected chi connectivity index (χ1v) is 5.59. The molecule has 0 radical (unpaired) electrons. The molecular formula is C6H3Br2ClF2N2O2. The number of nitrogens with zero attached hydrogens (tertiary/aromatic N) is 1.